The van der Waals surface area contributed by atoms with Gasteiger partial charge in [0.2, 0.25) is 0 Å². The van der Waals surface area contributed by atoms with Crippen molar-refractivity contribution < 1.29 is 33.7 Å². The number of hydrogen-bond donors (Lipinski definition) is 2. The van der Waals surface area contributed by atoms with E-state index in [-0.39, 0.29) is 27.7 Å². The van der Waals surface area contributed by atoms with Gasteiger partial charge in [-0.15, -0.1) is 0 Å². The van der Waals surface area contributed by atoms with E-state index < -0.39 is 23.9 Å². The number of benzene rings is 2. The Bertz CT molecular complexity index is 1150. The van der Waals surface area contributed by atoms with Crippen molar-refractivity contribution >= 4 is 46.9 Å². The van der Waals surface area contributed by atoms with Gasteiger partial charge >= 0.3 is 5.97 Å². The van der Waals surface area contributed by atoms with Crippen LogP contribution >= 0.6 is 12.2 Å². The summed E-state index contributed by atoms with van der Waals surface area (Å²) >= 11 is 5.23. The number of thiocarbonyl (C=S) groups is 1. The molecule has 1 heterocycles. The van der Waals surface area contributed by atoms with Crippen LogP contribution in [0, 0.1) is 0 Å². The average Bonchev–Trinajstić information content (AvgIpc) is 2.77. The summed E-state index contributed by atoms with van der Waals surface area (Å²) < 4.78 is 16.3. The van der Waals surface area contributed by atoms with E-state index in [9.17, 15) is 19.5 Å². The molecule has 1 fully saturated rings. The van der Waals surface area contributed by atoms with E-state index in [0.29, 0.717) is 18.0 Å². The molecule has 33 heavy (non-hydrogen) atoms. The lowest BCUT2D eigenvalue weighted by Gasteiger charge is -2.29. The van der Waals surface area contributed by atoms with Crippen molar-refractivity contribution in [2.75, 3.05) is 18.6 Å². The number of hydrogen-bond acceptors (Lipinski definition) is 7. The quantitative estimate of drug-likeness (QED) is 0.344. The molecule has 1 aliphatic heterocycles. The van der Waals surface area contributed by atoms with Crippen molar-refractivity contribution in [1.82, 2.24) is 5.32 Å². The third-order valence-corrected chi connectivity index (χ3v) is 4.94. The van der Waals surface area contributed by atoms with Crippen molar-refractivity contribution in [3.63, 3.8) is 0 Å². The van der Waals surface area contributed by atoms with Crippen molar-refractivity contribution in [3.05, 3.63) is 53.6 Å². The second kappa shape index (κ2) is 10.1. The molecule has 0 aromatic heterocycles. The molecule has 2 N–H and O–H groups in total. The summed E-state index contributed by atoms with van der Waals surface area (Å²) in [7, 11) is 1.40. The van der Waals surface area contributed by atoms with Crippen LogP contribution in [0.15, 0.2) is 48.0 Å². The molecule has 2 amide bonds. The van der Waals surface area contributed by atoms with E-state index >= 15 is 0 Å². The first-order chi connectivity index (χ1) is 15.8. The molecule has 0 aliphatic carbocycles. The van der Waals surface area contributed by atoms with E-state index in [2.05, 4.69) is 5.32 Å². The van der Waals surface area contributed by atoms with Gasteiger partial charge in [0.1, 0.15) is 11.3 Å². The molecule has 0 spiro atoms. The molecule has 0 radical (unpaired) electrons. The largest absolute Gasteiger partial charge is 0.494 e. The van der Waals surface area contributed by atoms with Gasteiger partial charge in [0, 0.05) is 11.6 Å². The van der Waals surface area contributed by atoms with Crippen LogP contribution < -0.4 is 24.4 Å². The molecule has 1 atom stereocenters. The lowest BCUT2D eigenvalue weighted by atomic mass is 10.1. The summed E-state index contributed by atoms with van der Waals surface area (Å²) in [5.74, 6) is -1.66. The fourth-order valence-corrected chi connectivity index (χ4v) is 3.37. The number of rotatable bonds is 8. The predicted octanol–water partition coefficient (Wildman–Crippen LogP) is 2.78. The van der Waals surface area contributed by atoms with Gasteiger partial charge in [-0.25, -0.2) is 4.79 Å². The Morgan fingerprint density at radius 2 is 1.97 bits per heavy atom. The Morgan fingerprint density at radius 3 is 2.64 bits per heavy atom. The average molecular weight is 471 g/mol. The summed E-state index contributed by atoms with van der Waals surface area (Å²) in [5, 5.41) is 11.7. The molecule has 9 nitrogen and oxygen atoms in total. The number of carboxylic acids is 1. The molecular weight excluding hydrogens is 448 g/mol. The van der Waals surface area contributed by atoms with Crippen LogP contribution in [0.1, 0.15) is 19.4 Å². The zero-order chi connectivity index (χ0) is 24.1. The van der Waals surface area contributed by atoms with Gasteiger partial charge in [0.05, 0.1) is 19.4 Å². The number of ether oxygens (including phenoxy) is 3. The zero-order valence-corrected chi connectivity index (χ0v) is 19.0. The Kier molecular flexibility index (Phi) is 7.29. The number of carbonyl (C=O) groups is 3. The zero-order valence-electron chi connectivity index (χ0n) is 18.2. The normalized spacial score (nSPS) is 15.8. The Balaban J connectivity index is 2.05. The minimum Gasteiger partial charge on any atom is -0.494 e. The van der Waals surface area contributed by atoms with Crippen LogP contribution in [0.5, 0.6) is 17.2 Å². The van der Waals surface area contributed by atoms with Crippen molar-refractivity contribution in [2.24, 2.45) is 0 Å². The summed E-state index contributed by atoms with van der Waals surface area (Å²) in [6, 6.07) is 11.5. The van der Waals surface area contributed by atoms with Crippen LogP contribution in [0.25, 0.3) is 6.08 Å². The van der Waals surface area contributed by atoms with E-state index in [1.54, 1.807) is 42.5 Å². The fourth-order valence-electron chi connectivity index (χ4n) is 3.09. The highest BCUT2D eigenvalue weighted by molar-refractivity contribution is 7.80. The Hall–Kier alpha value is -3.92. The summed E-state index contributed by atoms with van der Waals surface area (Å²) in [4.78, 5) is 38.4. The number of methoxy groups -OCH3 is 1. The molecule has 3 rings (SSSR count). The highest BCUT2D eigenvalue weighted by Crippen LogP contribution is 2.34. The number of para-hydroxylation sites is 1. The topological polar surface area (TPSA) is 114 Å². The third kappa shape index (κ3) is 5.12. The van der Waals surface area contributed by atoms with E-state index in [1.807, 2.05) is 6.92 Å². The van der Waals surface area contributed by atoms with Gasteiger partial charge in [-0.3, -0.25) is 19.8 Å². The van der Waals surface area contributed by atoms with Crippen LogP contribution in [0.4, 0.5) is 5.69 Å². The number of carboxylic acid groups (broad SMARTS) is 1. The van der Waals surface area contributed by atoms with Crippen LogP contribution in [-0.2, 0) is 14.4 Å². The predicted molar refractivity (Wildman–Crippen MR) is 125 cm³/mol. The second-order valence-corrected chi connectivity index (χ2v) is 7.25. The van der Waals surface area contributed by atoms with Gasteiger partial charge in [0.15, 0.2) is 22.7 Å². The maximum absolute atomic E-state index is 13.3. The standard InChI is InChI=1S/C23H22N2O7S/c1-4-31-16-9-6-8-15(12-16)25-21(27)17(20(26)24-23(25)33)11-14-7-5-10-18(30-3)19(14)32-13(2)22(28)29/h5-13H,4H2,1-3H3,(H,28,29)(H,24,26,33)/b17-11+/t13-/m0/s1. The second-order valence-electron chi connectivity index (χ2n) is 6.87. The maximum Gasteiger partial charge on any atom is 0.344 e. The fraction of sp³-hybridized carbons (Fsp3) is 0.217. The monoisotopic (exact) mass is 470 g/mol. The molecule has 172 valence electrons. The molecule has 2 aromatic rings. The molecular formula is C23H22N2O7S. The van der Waals surface area contributed by atoms with Gasteiger partial charge < -0.3 is 19.3 Å². The highest BCUT2D eigenvalue weighted by Gasteiger charge is 2.35. The van der Waals surface area contributed by atoms with Gasteiger partial charge in [-0.2, -0.15) is 0 Å². The SMILES string of the molecule is CCOc1cccc(N2C(=O)/C(=C/c3cccc(OC)c3O[C@@H](C)C(=O)O)C(=O)NC2=S)c1. The minimum atomic E-state index is -1.19. The number of aliphatic carboxylic acids is 1. The smallest absolute Gasteiger partial charge is 0.344 e. The molecule has 0 bridgehead atoms. The summed E-state index contributed by atoms with van der Waals surface area (Å²) in [6.45, 7) is 3.64. The first-order valence-corrected chi connectivity index (χ1v) is 10.4. The Morgan fingerprint density at radius 1 is 1.24 bits per heavy atom. The van der Waals surface area contributed by atoms with Crippen molar-refractivity contribution in [1.29, 1.82) is 0 Å². The number of nitrogens with one attached hydrogen (secondary N) is 1. The minimum absolute atomic E-state index is 0.0718. The van der Waals surface area contributed by atoms with Gasteiger partial charge in [-0.1, -0.05) is 18.2 Å². The third-order valence-electron chi connectivity index (χ3n) is 4.66. The number of nitrogens with zero attached hydrogens (tertiary/aromatic N) is 1. The first kappa shape index (κ1) is 23.7. The Labute approximate surface area is 195 Å². The molecule has 1 aliphatic rings. The van der Waals surface area contributed by atoms with E-state index in [4.69, 9.17) is 26.4 Å². The lowest BCUT2D eigenvalue weighted by Crippen LogP contribution is -2.54. The van der Waals surface area contributed by atoms with Crippen molar-refractivity contribution in [3.8, 4) is 17.2 Å². The summed E-state index contributed by atoms with van der Waals surface area (Å²) in [5.41, 5.74) is 0.492. The maximum atomic E-state index is 13.3. The summed E-state index contributed by atoms with van der Waals surface area (Å²) in [6.07, 6.45) is 0.116. The van der Waals surface area contributed by atoms with Crippen LogP contribution in [0.2, 0.25) is 0 Å². The van der Waals surface area contributed by atoms with Crippen LogP contribution in [-0.4, -0.2) is 47.8 Å². The first-order valence-electron chi connectivity index (χ1n) is 9.97. The molecule has 10 heteroatoms. The molecule has 0 saturated carbocycles. The number of amides is 2. The van der Waals surface area contributed by atoms with Crippen molar-refractivity contribution in [2.45, 2.75) is 20.0 Å². The molecule has 1 saturated heterocycles. The van der Waals surface area contributed by atoms with Crippen LogP contribution in [0.3, 0.4) is 0 Å². The van der Waals surface area contributed by atoms with E-state index in [1.165, 1.54) is 25.0 Å². The van der Waals surface area contributed by atoms with Gasteiger partial charge in [0.25, 0.3) is 11.8 Å². The lowest BCUT2D eigenvalue weighted by molar-refractivity contribution is -0.144. The molecule has 2 aromatic carbocycles. The van der Waals surface area contributed by atoms with E-state index in [0.717, 1.165) is 0 Å². The molecule has 0 unspecified atom stereocenters. The van der Waals surface area contributed by atoms with Gasteiger partial charge in [-0.05, 0) is 50.3 Å². The number of anilines is 1. The number of carbonyl (C=O) groups excluding carboxylic acids is 2. The highest BCUT2D eigenvalue weighted by atomic mass is 32.1.